The number of hydrogen-bond acceptors (Lipinski definition) is 3. The zero-order valence-electron chi connectivity index (χ0n) is 15.5. The van der Waals surface area contributed by atoms with Gasteiger partial charge in [-0.2, -0.15) is 0 Å². The monoisotopic (exact) mass is 398 g/mol. The van der Waals surface area contributed by atoms with Gasteiger partial charge in [0, 0.05) is 24.6 Å². The Morgan fingerprint density at radius 1 is 1.07 bits per heavy atom. The average Bonchev–Trinajstić information content (AvgIpc) is 2.70. The third-order valence-electron chi connectivity index (χ3n) is 4.18. The van der Waals surface area contributed by atoms with Crippen molar-refractivity contribution in [3.63, 3.8) is 0 Å². The highest BCUT2D eigenvalue weighted by Crippen LogP contribution is 2.14. The molecule has 0 aliphatic carbocycles. The number of anilines is 1. The Kier molecular flexibility index (Phi) is 6.67. The number of nitrogens with one attached hydrogen (secondary N) is 1. The summed E-state index contributed by atoms with van der Waals surface area (Å²) >= 11 is 0. The molecule has 1 heterocycles. The van der Waals surface area contributed by atoms with Crippen LogP contribution < -0.4 is 11.0 Å². The number of urea groups is 1. The lowest BCUT2D eigenvalue weighted by atomic mass is 10.2. The number of nitrogens with zero attached hydrogens (tertiary/aromatic N) is 3. The number of carbonyl (C=O) groups excluding carboxylic acids is 1. The van der Waals surface area contributed by atoms with Gasteiger partial charge in [-0.15, -0.1) is 0 Å². The summed E-state index contributed by atoms with van der Waals surface area (Å²) in [6.45, 7) is -0.325. The highest BCUT2D eigenvalue weighted by molar-refractivity contribution is 5.89. The van der Waals surface area contributed by atoms with Gasteiger partial charge in [0.2, 0.25) is 0 Å². The molecule has 0 aliphatic heterocycles. The van der Waals surface area contributed by atoms with Crippen LogP contribution in [0.15, 0.2) is 77.9 Å². The van der Waals surface area contributed by atoms with E-state index in [1.165, 1.54) is 10.8 Å². The van der Waals surface area contributed by atoms with E-state index in [2.05, 4.69) is 10.3 Å². The van der Waals surface area contributed by atoms with Crippen molar-refractivity contribution in [1.29, 1.82) is 0 Å². The molecule has 1 aromatic heterocycles. The molecule has 2 aromatic carbocycles. The average molecular weight is 398 g/mol. The van der Waals surface area contributed by atoms with E-state index < -0.39 is 19.0 Å². The number of hydrogen-bond donors (Lipinski definition) is 1. The molecule has 2 amide bonds. The smallest absolute Gasteiger partial charge is 0.314 e. The molecule has 8 heteroatoms. The normalized spacial score (nSPS) is 10.7. The van der Waals surface area contributed by atoms with Crippen LogP contribution in [0.1, 0.15) is 11.1 Å². The quantitative estimate of drug-likeness (QED) is 0.661. The maximum Gasteiger partial charge on any atom is 0.347 e. The van der Waals surface area contributed by atoms with Crippen molar-refractivity contribution in [1.82, 2.24) is 14.5 Å². The molecule has 0 spiro atoms. The van der Waals surface area contributed by atoms with Crippen LogP contribution in [0.5, 0.6) is 0 Å². The third-order valence-corrected chi connectivity index (χ3v) is 4.18. The van der Waals surface area contributed by atoms with Crippen molar-refractivity contribution in [2.24, 2.45) is 0 Å². The summed E-state index contributed by atoms with van der Waals surface area (Å²) in [7, 11) is 0. The van der Waals surface area contributed by atoms with E-state index in [-0.39, 0.29) is 18.8 Å². The van der Waals surface area contributed by atoms with Crippen molar-refractivity contribution in [3.8, 4) is 0 Å². The number of halogens is 2. The van der Waals surface area contributed by atoms with Gasteiger partial charge in [0.15, 0.2) is 0 Å². The SMILES string of the molecule is O=C(Nc1cccc(Cn2cccnc2=O)c1)N(Cc1ccccc1)CC(F)F. The summed E-state index contributed by atoms with van der Waals surface area (Å²) in [5.74, 6) is 0. The minimum atomic E-state index is -2.65. The molecule has 0 radical (unpaired) electrons. The molecular weight excluding hydrogens is 378 g/mol. The number of carbonyl (C=O) groups is 1. The standard InChI is InChI=1S/C21H20F2N4O2/c22-19(23)15-27(13-16-6-2-1-3-7-16)21(29)25-18-9-4-8-17(12-18)14-26-11-5-10-24-20(26)28/h1-12,19H,13-15H2,(H,25,29). The second-order valence-corrected chi connectivity index (χ2v) is 6.42. The second-order valence-electron chi connectivity index (χ2n) is 6.42. The van der Waals surface area contributed by atoms with Gasteiger partial charge in [-0.05, 0) is 29.3 Å². The van der Waals surface area contributed by atoms with Crippen LogP contribution in [0.4, 0.5) is 19.3 Å². The zero-order valence-corrected chi connectivity index (χ0v) is 15.5. The summed E-state index contributed by atoms with van der Waals surface area (Å²) < 4.78 is 27.4. The highest BCUT2D eigenvalue weighted by atomic mass is 19.3. The maximum absolute atomic E-state index is 13.0. The maximum atomic E-state index is 13.0. The molecule has 0 unspecified atom stereocenters. The first-order valence-electron chi connectivity index (χ1n) is 8.99. The Hall–Kier alpha value is -3.55. The van der Waals surface area contributed by atoms with Gasteiger partial charge in [0.05, 0.1) is 13.1 Å². The Labute approximate surface area is 166 Å². The summed E-state index contributed by atoms with van der Waals surface area (Å²) in [5, 5.41) is 2.66. The van der Waals surface area contributed by atoms with E-state index in [1.807, 2.05) is 6.07 Å². The van der Waals surface area contributed by atoms with Gasteiger partial charge < -0.3 is 10.2 Å². The van der Waals surface area contributed by atoms with Gasteiger partial charge in [0.1, 0.15) is 0 Å². The molecule has 150 valence electrons. The van der Waals surface area contributed by atoms with E-state index in [1.54, 1.807) is 60.8 Å². The van der Waals surface area contributed by atoms with Gasteiger partial charge >= 0.3 is 11.7 Å². The van der Waals surface area contributed by atoms with Crippen LogP contribution in [0, 0.1) is 0 Å². The molecule has 3 aromatic rings. The lowest BCUT2D eigenvalue weighted by molar-refractivity contribution is 0.0997. The number of rotatable bonds is 7. The third kappa shape index (κ3) is 5.97. The molecule has 0 aliphatic rings. The second kappa shape index (κ2) is 9.59. The first-order chi connectivity index (χ1) is 14.0. The summed E-state index contributed by atoms with van der Waals surface area (Å²) in [6, 6.07) is 16.9. The van der Waals surface area contributed by atoms with Crippen LogP contribution in [0.25, 0.3) is 0 Å². The molecule has 0 saturated carbocycles. The molecule has 0 atom stereocenters. The summed E-state index contributed by atoms with van der Waals surface area (Å²) in [5.41, 5.74) is 1.60. The van der Waals surface area contributed by atoms with E-state index in [0.29, 0.717) is 5.69 Å². The number of benzene rings is 2. The molecule has 0 saturated heterocycles. The topological polar surface area (TPSA) is 67.2 Å². The van der Waals surface area contributed by atoms with Gasteiger partial charge in [-0.1, -0.05) is 42.5 Å². The van der Waals surface area contributed by atoms with Gasteiger partial charge in [-0.25, -0.2) is 23.4 Å². The van der Waals surface area contributed by atoms with Crippen molar-refractivity contribution in [2.45, 2.75) is 19.5 Å². The van der Waals surface area contributed by atoms with E-state index in [9.17, 15) is 18.4 Å². The fraction of sp³-hybridized carbons (Fsp3) is 0.190. The fourth-order valence-corrected chi connectivity index (χ4v) is 2.84. The van der Waals surface area contributed by atoms with Crippen molar-refractivity contribution < 1.29 is 13.6 Å². The Morgan fingerprint density at radius 2 is 1.83 bits per heavy atom. The summed E-state index contributed by atoms with van der Waals surface area (Å²) in [6.07, 6.45) is 0.387. The number of amides is 2. The molecule has 0 bridgehead atoms. The van der Waals surface area contributed by atoms with Crippen LogP contribution >= 0.6 is 0 Å². The van der Waals surface area contributed by atoms with Crippen molar-refractivity contribution in [2.75, 3.05) is 11.9 Å². The molecule has 6 nitrogen and oxygen atoms in total. The van der Waals surface area contributed by atoms with Crippen LogP contribution in [-0.2, 0) is 13.1 Å². The first kappa shape index (κ1) is 20.2. The Balaban J connectivity index is 1.72. The summed E-state index contributed by atoms with van der Waals surface area (Å²) in [4.78, 5) is 29.1. The van der Waals surface area contributed by atoms with Crippen molar-refractivity contribution in [3.05, 3.63) is 94.7 Å². The molecular formula is C21H20F2N4O2. The molecule has 29 heavy (non-hydrogen) atoms. The van der Waals surface area contributed by atoms with Crippen LogP contribution in [0.2, 0.25) is 0 Å². The lowest BCUT2D eigenvalue weighted by Gasteiger charge is -2.23. The van der Waals surface area contributed by atoms with Gasteiger partial charge in [0.25, 0.3) is 6.43 Å². The number of aromatic nitrogens is 2. The van der Waals surface area contributed by atoms with Crippen LogP contribution in [-0.4, -0.2) is 33.5 Å². The highest BCUT2D eigenvalue weighted by Gasteiger charge is 2.19. The first-order valence-corrected chi connectivity index (χ1v) is 8.99. The van der Waals surface area contributed by atoms with E-state index in [4.69, 9.17) is 0 Å². The van der Waals surface area contributed by atoms with Gasteiger partial charge in [-0.3, -0.25) is 4.57 Å². The predicted molar refractivity (Wildman–Crippen MR) is 106 cm³/mol. The zero-order chi connectivity index (χ0) is 20.6. The Bertz CT molecular complexity index is 1010. The largest absolute Gasteiger partial charge is 0.347 e. The molecule has 0 fully saturated rings. The Morgan fingerprint density at radius 3 is 2.55 bits per heavy atom. The lowest BCUT2D eigenvalue weighted by Crippen LogP contribution is -2.37. The minimum absolute atomic E-state index is 0.0712. The molecule has 3 rings (SSSR count). The van der Waals surface area contributed by atoms with E-state index >= 15 is 0 Å². The van der Waals surface area contributed by atoms with E-state index in [0.717, 1.165) is 16.0 Å². The predicted octanol–water partition coefficient (Wildman–Crippen LogP) is 3.59. The van der Waals surface area contributed by atoms with Crippen LogP contribution in [0.3, 0.4) is 0 Å². The fourth-order valence-electron chi connectivity index (χ4n) is 2.84. The molecule has 1 N–H and O–H groups in total. The number of alkyl halides is 2. The minimum Gasteiger partial charge on any atom is -0.314 e. The van der Waals surface area contributed by atoms with Crippen molar-refractivity contribution >= 4 is 11.7 Å².